The number of rotatable bonds is 4. The third-order valence-electron chi connectivity index (χ3n) is 2.41. The van der Waals surface area contributed by atoms with Gasteiger partial charge in [0, 0.05) is 6.20 Å². The first-order valence-electron chi connectivity index (χ1n) is 5.01. The van der Waals surface area contributed by atoms with Crippen molar-refractivity contribution in [2.75, 3.05) is 14.2 Å². The number of hydrogen-bond donors (Lipinski definition) is 1. The SMILES string of the molecule is COc1ccc(OC)c(C(=O)c2cn[nH]c2)c1. The van der Waals surface area contributed by atoms with E-state index in [0.717, 1.165) is 0 Å². The van der Waals surface area contributed by atoms with Gasteiger partial charge in [0.25, 0.3) is 0 Å². The van der Waals surface area contributed by atoms with Gasteiger partial charge < -0.3 is 9.47 Å². The highest BCUT2D eigenvalue weighted by atomic mass is 16.5. The molecule has 0 amide bonds. The van der Waals surface area contributed by atoms with Crippen molar-refractivity contribution >= 4 is 5.78 Å². The average molecular weight is 232 g/mol. The van der Waals surface area contributed by atoms with Gasteiger partial charge in [-0.3, -0.25) is 9.89 Å². The molecule has 0 fully saturated rings. The number of carbonyl (C=O) groups is 1. The fraction of sp³-hybridized carbons (Fsp3) is 0.167. The fourth-order valence-corrected chi connectivity index (χ4v) is 1.52. The number of ketones is 1. The molecule has 0 aliphatic carbocycles. The van der Waals surface area contributed by atoms with Gasteiger partial charge in [-0.05, 0) is 18.2 Å². The summed E-state index contributed by atoms with van der Waals surface area (Å²) in [6.45, 7) is 0. The van der Waals surface area contributed by atoms with E-state index in [-0.39, 0.29) is 5.78 Å². The average Bonchev–Trinajstić information content (AvgIpc) is 2.91. The minimum Gasteiger partial charge on any atom is -0.497 e. The van der Waals surface area contributed by atoms with E-state index in [1.807, 2.05) is 0 Å². The Morgan fingerprint density at radius 2 is 2.12 bits per heavy atom. The first kappa shape index (κ1) is 11.2. The van der Waals surface area contributed by atoms with E-state index >= 15 is 0 Å². The summed E-state index contributed by atoms with van der Waals surface area (Å²) in [4.78, 5) is 12.2. The molecule has 0 aliphatic heterocycles. The molecule has 0 spiro atoms. The maximum atomic E-state index is 12.2. The monoisotopic (exact) mass is 232 g/mol. The van der Waals surface area contributed by atoms with Crippen LogP contribution >= 0.6 is 0 Å². The number of hydrogen-bond acceptors (Lipinski definition) is 4. The molecule has 2 aromatic rings. The second-order valence-corrected chi connectivity index (χ2v) is 3.38. The Kier molecular flexibility index (Phi) is 3.09. The van der Waals surface area contributed by atoms with Crippen molar-refractivity contribution in [3.8, 4) is 11.5 Å². The molecule has 1 aromatic heterocycles. The van der Waals surface area contributed by atoms with E-state index in [2.05, 4.69) is 10.2 Å². The quantitative estimate of drug-likeness (QED) is 0.814. The molecule has 0 unspecified atom stereocenters. The Morgan fingerprint density at radius 3 is 2.71 bits per heavy atom. The molecule has 5 heteroatoms. The Hall–Kier alpha value is -2.30. The molecule has 2 rings (SSSR count). The van der Waals surface area contributed by atoms with Gasteiger partial charge in [0.05, 0.1) is 31.5 Å². The summed E-state index contributed by atoms with van der Waals surface area (Å²) in [6, 6.07) is 5.09. The number of ether oxygens (including phenoxy) is 2. The number of methoxy groups -OCH3 is 2. The van der Waals surface area contributed by atoms with Gasteiger partial charge >= 0.3 is 0 Å². The summed E-state index contributed by atoms with van der Waals surface area (Å²) < 4.78 is 10.2. The van der Waals surface area contributed by atoms with Crippen molar-refractivity contribution in [1.82, 2.24) is 10.2 Å². The van der Waals surface area contributed by atoms with Crippen LogP contribution in [0.5, 0.6) is 11.5 Å². The van der Waals surface area contributed by atoms with Crippen LogP contribution in [0.2, 0.25) is 0 Å². The lowest BCUT2D eigenvalue weighted by Gasteiger charge is -2.08. The van der Waals surface area contributed by atoms with E-state index in [1.165, 1.54) is 13.3 Å². The van der Waals surface area contributed by atoms with Crippen LogP contribution in [0.15, 0.2) is 30.6 Å². The van der Waals surface area contributed by atoms with Crippen LogP contribution in [-0.4, -0.2) is 30.2 Å². The molecular weight excluding hydrogens is 220 g/mol. The van der Waals surface area contributed by atoms with E-state index < -0.39 is 0 Å². The molecule has 0 aliphatic rings. The number of aromatic amines is 1. The Balaban J connectivity index is 2.45. The minimum atomic E-state index is -0.158. The zero-order valence-electron chi connectivity index (χ0n) is 9.56. The summed E-state index contributed by atoms with van der Waals surface area (Å²) in [7, 11) is 3.07. The number of H-pyrrole nitrogens is 1. The molecule has 88 valence electrons. The lowest BCUT2D eigenvalue weighted by molar-refractivity contribution is 0.103. The number of aromatic nitrogens is 2. The number of carbonyl (C=O) groups excluding carboxylic acids is 1. The third kappa shape index (κ3) is 2.13. The molecule has 17 heavy (non-hydrogen) atoms. The van der Waals surface area contributed by atoms with Crippen LogP contribution in [0.3, 0.4) is 0 Å². The normalized spacial score (nSPS) is 10.0. The second kappa shape index (κ2) is 4.69. The van der Waals surface area contributed by atoms with Gasteiger partial charge in [0.15, 0.2) is 5.78 Å². The van der Waals surface area contributed by atoms with E-state index in [1.54, 1.807) is 31.5 Å². The largest absolute Gasteiger partial charge is 0.497 e. The topological polar surface area (TPSA) is 64.2 Å². The molecule has 1 heterocycles. The number of nitrogens with zero attached hydrogens (tertiary/aromatic N) is 1. The van der Waals surface area contributed by atoms with Gasteiger partial charge in [0.2, 0.25) is 0 Å². The summed E-state index contributed by atoms with van der Waals surface area (Å²) in [6.07, 6.45) is 3.02. The van der Waals surface area contributed by atoms with Gasteiger partial charge in [-0.1, -0.05) is 0 Å². The molecule has 0 saturated carbocycles. The van der Waals surface area contributed by atoms with Crippen molar-refractivity contribution in [1.29, 1.82) is 0 Å². The predicted octanol–water partition coefficient (Wildman–Crippen LogP) is 1.66. The minimum absolute atomic E-state index is 0.158. The highest BCUT2D eigenvalue weighted by Crippen LogP contribution is 2.26. The van der Waals surface area contributed by atoms with Crippen molar-refractivity contribution in [2.45, 2.75) is 0 Å². The summed E-state index contributed by atoms with van der Waals surface area (Å²) in [5.41, 5.74) is 0.935. The van der Waals surface area contributed by atoms with Gasteiger partial charge in [-0.15, -0.1) is 0 Å². The van der Waals surface area contributed by atoms with Crippen LogP contribution < -0.4 is 9.47 Å². The lowest BCUT2D eigenvalue weighted by Crippen LogP contribution is -2.03. The fourth-order valence-electron chi connectivity index (χ4n) is 1.52. The van der Waals surface area contributed by atoms with Crippen LogP contribution in [-0.2, 0) is 0 Å². The maximum absolute atomic E-state index is 12.2. The second-order valence-electron chi connectivity index (χ2n) is 3.38. The predicted molar refractivity (Wildman–Crippen MR) is 61.6 cm³/mol. The zero-order valence-corrected chi connectivity index (χ0v) is 9.56. The van der Waals surface area contributed by atoms with Crippen molar-refractivity contribution in [3.63, 3.8) is 0 Å². The lowest BCUT2D eigenvalue weighted by atomic mass is 10.1. The van der Waals surface area contributed by atoms with Crippen LogP contribution in [0.25, 0.3) is 0 Å². The van der Waals surface area contributed by atoms with Gasteiger partial charge in [-0.2, -0.15) is 5.10 Å². The smallest absolute Gasteiger partial charge is 0.200 e. The molecule has 0 radical (unpaired) electrons. The van der Waals surface area contributed by atoms with Crippen LogP contribution in [0.4, 0.5) is 0 Å². The third-order valence-corrected chi connectivity index (χ3v) is 2.41. The Morgan fingerprint density at radius 1 is 1.29 bits per heavy atom. The number of nitrogens with one attached hydrogen (secondary N) is 1. The molecule has 0 bridgehead atoms. The molecule has 1 aromatic carbocycles. The first-order chi connectivity index (χ1) is 8.26. The zero-order chi connectivity index (χ0) is 12.3. The van der Waals surface area contributed by atoms with Crippen LogP contribution in [0, 0.1) is 0 Å². The Bertz CT molecular complexity index is 521. The van der Waals surface area contributed by atoms with Crippen LogP contribution in [0.1, 0.15) is 15.9 Å². The van der Waals surface area contributed by atoms with Crippen molar-refractivity contribution in [2.24, 2.45) is 0 Å². The molecule has 5 nitrogen and oxygen atoms in total. The van der Waals surface area contributed by atoms with Crippen molar-refractivity contribution in [3.05, 3.63) is 41.7 Å². The van der Waals surface area contributed by atoms with E-state index in [9.17, 15) is 4.79 Å². The highest BCUT2D eigenvalue weighted by molar-refractivity contribution is 6.10. The van der Waals surface area contributed by atoms with E-state index in [0.29, 0.717) is 22.6 Å². The molecule has 0 saturated heterocycles. The van der Waals surface area contributed by atoms with Crippen molar-refractivity contribution < 1.29 is 14.3 Å². The van der Waals surface area contributed by atoms with Gasteiger partial charge in [-0.25, -0.2) is 0 Å². The van der Waals surface area contributed by atoms with E-state index in [4.69, 9.17) is 9.47 Å². The summed E-state index contributed by atoms with van der Waals surface area (Å²) >= 11 is 0. The highest BCUT2D eigenvalue weighted by Gasteiger charge is 2.16. The molecular formula is C12H12N2O3. The molecule has 1 N–H and O–H groups in total. The summed E-state index contributed by atoms with van der Waals surface area (Å²) in [5.74, 6) is 0.962. The first-order valence-corrected chi connectivity index (χ1v) is 5.01. The Labute approximate surface area is 98.4 Å². The summed E-state index contributed by atoms with van der Waals surface area (Å²) in [5, 5.41) is 6.35. The standard InChI is InChI=1S/C12H12N2O3/c1-16-9-3-4-11(17-2)10(5-9)12(15)8-6-13-14-7-8/h3-7H,1-2H3,(H,13,14). The number of benzene rings is 1. The molecule has 0 atom stereocenters. The van der Waals surface area contributed by atoms with Gasteiger partial charge in [0.1, 0.15) is 11.5 Å². The maximum Gasteiger partial charge on any atom is 0.200 e.